The molecule has 0 aliphatic rings. The van der Waals surface area contributed by atoms with Crippen molar-refractivity contribution >= 4 is 55.2 Å². The number of para-hydroxylation sites is 3. The molecule has 0 spiro atoms. The SMILES string of the molecule is [2H]C([2H])([2H])c1nc(C)c(-c2n(-c3c(C(C)C)cc(-c4ccccc4)cc3C(C)C)c3ccccc3[n+]2C)c2oc3nc4c(cc3c12)oc1ccccc14. The first-order chi connectivity index (χ1) is 25.4. The Hall–Kier alpha value is -5.75. The van der Waals surface area contributed by atoms with Crippen LogP contribution in [0.2, 0.25) is 0 Å². The number of rotatable bonds is 5. The van der Waals surface area contributed by atoms with Gasteiger partial charge in [-0.15, -0.1) is 0 Å². The summed E-state index contributed by atoms with van der Waals surface area (Å²) in [6, 6.07) is 33.1. The Morgan fingerprint density at radius 1 is 0.720 bits per heavy atom. The molecule has 5 heterocycles. The summed E-state index contributed by atoms with van der Waals surface area (Å²) in [7, 11) is 2.06. The largest absolute Gasteiger partial charge is 0.454 e. The van der Waals surface area contributed by atoms with Gasteiger partial charge in [0.2, 0.25) is 5.71 Å². The number of hydrogen-bond acceptors (Lipinski definition) is 4. The molecule has 9 aromatic rings. The van der Waals surface area contributed by atoms with Crippen LogP contribution >= 0.6 is 0 Å². The van der Waals surface area contributed by atoms with Crippen molar-refractivity contribution in [2.75, 3.05) is 0 Å². The minimum absolute atomic E-state index is 0.0203. The fourth-order valence-corrected chi connectivity index (χ4v) is 7.70. The number of fused-ring (bicyclic) bond motifs is 7. The topological polar surface area (TPSA) is 60.9 Å². The number of pyridine rings is 2. The molecule has 0 amide bonds. The molecule has 4 aromatic carbocycles. The Labute approximate surface area is 294 Å². The zero-order valence-corrected chi connectivity index (χ0v) is 29.0. The summed E-state index contributed by atoms with van der Waals surface area (Å²) in [6.07, 6.45) is 0. The zero-order valence-electron chi connectivity index (χ0n) is 32.0. The Morgan fingerprint density at radius 3 is 2.16 bits per heavy atom. The summed E-state index contributed by atoms with van der Waals surface area (Å²) >= 11 is 0. The van der Waals surface area contributed by atoms with Crippen molar-refractivity contribution in [2.24, 2.45) is 7.05 Å². The van der Waals surface area contributed by atoms with Crippen LogP contribution in [0.4, 0.5) is 0 Å². The molecule has 0 saturated carbocycles. The maximum Gasteiger partial charge on any atom is 0.300 e. The monoisotopic (exact) mass is 658 g/mol. The minimum atomic E-state index is -2.51. The number of benzene rings is 4. The van der Waals surface area contributed by atoms with Crippen LogP contribution in [0, 0.1) is 13.8 Å². The summed E-state index contributed by atoms with van der Waals surface area (Å²) in [5, 5.41) is 1.83. The van der Waals surface area contributed by atoms with Crippen molar-refractivity contribution in [3.05, 3.63) is 120 Å². The average molecular weight is 659 g/mol. The Balaban J connectivity index is 1.44. The van der Waals surface area contributed by atoms with Gasteiger partial charge >= 0.3 is 5.82 Å². The van der Waals surface area contributed by atoms with E-state index < -0.39 is 6.85 Å². The second-order valence-electron chi connectivity index (χ2n) is 13.9. The van der Waals surface area contributed by atoms with Crippen molar-refractivity contribution in [2.45, 2.75) is 53.3 Å². The lowest BCUT2D eigenvalue weighted by molar-refractivity contribution is -0.633. The van der Waals surface area contributed by atoms with Crippen LogP contribution in [0.25, 0.3) is 83.4 Å². The lowest BCUT2D eigenvalue weighted by atomic mass is 9.88. The predicted octanol–water partition coefficient (Wildman–Crippen LogP) is 11.2. The summed E-state index contributed by atoms with van der Waals surface area (Å²) in [4.78, 5) is 9.87. The number of aryl methyl sites for hydroxylation is 3. The van der Waals surface area contributed by atoms with E-state index in [0.29, 0.717) is 50.0 Å². The molecule has 50 heavy (non-hydrogen) atoms. The van der Waals surface area contributed by atoms with Crippen molar-refractivity contribution in [1.82, 2.24) is 14.5 Å². The number of furan rings is 2. The highest BCUT2D eigenvalue weighted by atomic mass is 16.3. The van der Waals surface area contributed by atoms with Crippen molar-refractivity contribution in [3.8, 4) is 28.2 Å². The molecule has 6 heteroatoms. The van der Waals surface area contributed by atoms with Gasteiger partial charge in [0.05, 0.1) is 23.5 Å². The molecule has 0 aliphatic heterocycles. The molecule has 0 radical (unpaired) electrons. The molecule has 5 aromatic heterocycles. The van der Waals surface area contributed by atoms with Gasteiger partial charge in [0.25, 0.3) is 0 Å². The van der Waals surface area contributed by atoms with E-state index in [1.54, 1.807) is 0 Å². The molecule has 9 rings (SSSR count). The molecule has 0 unspecified atom stereocenters. The third kappa shape index (κ3) is 4.37. The van der Waals surface area contributed by atoms with E-state index in [2.05, 4.69) is 98.5 Å². The number of nitrogens with zero attached hydrogens (tertiary/aromatic N) is 4. The molecule has 0 saturated heterocycles. The van der Waals surface area contributed by atoms with E-state index in [4.69, 9.17) is 22.9 Å². The second-order valence-corrected chi connectivity index (χ2v) is 13.9. The smallest absolute Gasteiger partial charge is 0.300 e. The number of hydrogen-bond donors (Lipinski definition) is 0. The Bertz CT molecular complexity index is 2880. The summed E-state index contributed by atoms with van der Waals surface area (Å²) < 4.78 is 43.4. The van der Waals surface area contributed by atoms with Gasteiger partial charge in [-0.05, 0) is 79.2 Å². The van der Waals surface area contributed by atoms with Gasteiger partial charge in [0.1, 0.15) is 22.4 Å². The van der Waals surface area contributed by atoms with Gasteiger partial charge in [0.15, 0.2) is 22.2 Å². The van der Waals surface area contributed by atoms with Gasteiger partial charge in [-0.3, -0.25) is 4.98 Å². The van der Waals surface area contributed by atoms with E-state index in [-0.39, 0.29) is 17.5 Å². The highest BCUT2D eigenvalue weighted by molar-refractivity contribution is 6.14. The molecule has 246 valence electrons. The van der Waals surface area contributed by atoms with Gasteiger partial charge in [-0.25, -0.2) is 9.55 Å². The third-order valence-electron chi connectivity index (χ3n) is 10.1. The van der Waals surface area contributed by atoms with Crippen LogP contribution in [-0.4, -0.2) is 14.5 Å². The first kappa shape index (κ1) is 27.1. The standard InChI is InChI=1S/C44H39N4O2/c1-24(2)31-21-29(28-15-9-8-10-16-28)22-32(25(3)4)41(31)48-35-19-13-12-18-34(35)47(7)44(48)39-27(6)45-26(5)38-33-23-37-40(46-43(33)50-42(38)39)30-17-11-14-20-36(30)49-37/h8-25H,1-7H3/q+1/i5D3. The van der Waals surface area contributed by atoms with Gasteiger partial charge in [0, 0.05) is 26.3 Å². The first-order valence-electron chi connectivity index (χ1n) is 18.7. The van der Waals surface area contributed by atoms with E-state index in [1.807, 2.05) is 49.4 Å². The maximum absolute atomic E-state index is 8.61. The van der Waals surface area contributed by atoms with Gasteiger partial charge in [-0.2, -0.15) is 4.57 Å². The maximum atomic E-state index is 8.61. The lowest BCUT2D eigenvalue weighted by Gasteiger charge is -2.21. The molecule has 0 fully saturated rings. The molecule has 0 atom stereocenters. The Morgan fingerprint density at radius 2 is 1.42 bits per heavy atom. The van der Waals surface area contributed by atoms with E-state index in [1.165, 1.54) is 22.3 Å². The lowest BCUT2D eigenvalue weighted by Crippen LogP contribution is -2.31. The molecule has 0 N–H and O–H groups in total. The molecular formula is C44H39N4O2+. The van der Waals surface area contributed by atoms with Gasteiger partial charge < -0.3 is 8.83 Å². The van der Waals surface area contributed by atoms with Crippen LogP contribution in [-0.2, 0) is 7.05 Å². The number of imidazole rings is 1. The molecule has 0 bridgehead atoms. The quantitative estimate of drug-likeness (QED) is 0.173. The molecular weight excluding hydrogens is 617 g/mol. The number of aromatic nitrogens is 4. The van der Waals surface area contributed by atoms with Crippen LogP contribution < -0.4 is 4.57 Å². The van der Waals surface area contributed by atoms with Crippen LogP contribution in [0.15, 0.2) is 106 Å². The summed E-state index contributed by atoms with van der Waals surface area (Å²) in [6.45, 7) is 8.32. The van der Waals surface area contributed by atoms with Crippen LogP contribution in [0.1, 0.15) is 66.2 Å². The highest BCUT2D eigenvalue weighted by Crippen LogP contribution is 2.44. The van der Waals surface area contributed by atoms with Crippen molar-refractivity contribution in [1.29, 1.82) is 0 Å². The normalized spacial score (nSPS) is 13.4. The molecule has 6 nitrogen and oxygen atoms in total. The van der Waals surface area contributed by atoms with E-state index in [0.717, 1.165) is 27.9 Å². The average Bonchev–Trinajstić information content (AvgIpc) is 3.78. The van der Waals surface area contributed by atoms with Crippen molar-refractivity contribution < 1.29 is 17.5 Å². The third-order valence-corrected chi connectivity index (χ3v) is 10.1. The van der Waals surface area contributed by atoms with Crippen molar-refractivity contribution in [3.63, 3.8) is 0 Å². The van der Waals surface area contributed by atoms with Crippen LogP contribution in [0.3, 0.4) is 0 Å². The first-order valence-corrected chi connectivity index (χ1v) is 17.2. The van der Waals surface area contributed by atoms with E-state index in [9.17, 15) is 0 Å². The van der Waals surface area contributed by atoms with Gasteiger partial charge in [-0.1, -0.05) is 82.3 Å². The fraction of sp³-hybridized carbons (Fsp3) is 0.205. The second kappa shape index (κ2) is 11.1. The zero-order chi connectivity index (χ0) is 36.9. The fourth-order valence-electron chi connectivity index (χ4n) is 7.70. The summed E-state index contributed by atoms with van der Waals surface area (Å²) in [5.74, 6) is 1.20. The summed E-state index contributed by atoms with van der Waals surface area (Å²) in [5.41, 5.74) is 11.8. The molecule has 0 aliphatic carbocycles. The Kier molecular flexibility index (Phi) is 6.04. The highest BCUT2D eigenvalue weighted by Gasteiger charge is 2.35. The minimum Gasteiger partial charge on any atom is -0.454 e. The van der Waals surface area contributed by atoms with Crippen LogP contribution in [0.5, 0.6) is 0 Å². The predicted molar refractivity (Wildman–Crippen MR) is 203 cm³/mol. The van der Waals surface area contributed by atoms with E-state index >= 15 is 0 Å².